The summed E-state index contributed by atoms with van der Waals surface area (Å²) < 4.78 is 34.2. The number of phenols is 5. The van der Waals surface area contributed by atoms with Crippen molar-refractivity contribution >= 4 is 23.0 Å². The predicted molar refractivity (Wildman–Crippen MR) is 181 cm³/mol. The van der Waals surface area contributed by atoms with Gasteiger partial charge < -0.3 is 79.2 Å². The highest BCUT2D eigenvalue weighted by Crippen LogP contribution is 2.40. The van der Waals surface area contributed by atoms with E-state index in [-0.39, 0.29) is 16.9 Å². The summed E-state index contributed by atoms with van der Waals surface area (Å²) in [6, 6.07) is 11.1. The van der Waals surface area contributed by atoms with Crippen molar-refractivity contribution in [1.82, 2.24) is 0 Å². The number of hydrogen-bond acceptors (Lipinski definition) is 18. The van der Waals surface area contributed by atoms with Crippen molar-refractivity contribution in [1.29, 1.82) is 0 Å². The van der Waals surface area contributed by atoms with Gasteiger partial charge in [0.25, 0.3) is 0 Å². The quantitative estimate of drug-likeness (QED) is 0.0623. The van der Waals surface area contributed by atoms with E-state index in [2.05, 4.69) is 0 Å². The first kappa shape index (κ1) is 38.3. The summed E-state index contributed by atoms with van der Waals surface area (Å²) in [4.78, 5) is 26.3. The molecule has 0 unspecified atom stereocenters. The number of hydrogen-bond donors (Lipinski definition) is 10. The molecule has 6 rings (SSSR count). The zero-order valence-corrected chi connectivity index (χ0v) is 28.1. The lowest BCUT2D eigenvalue weighted by Crippen LogP contribution is -2.64. The Bertz CT molecular complexity index is 2080. The van der Waals surface area contributed by atoms with Crippen LogP contribution in [0.3, 0.4) is 0 Å². The van der Waals surface area contributed by atoms with E-state index in [4.69, 9.17) is 28.1 Å². The molecule has 288 valence electrons. The molecule has 54 heavy (non-hydrogen) atoms. The number of aliphatic hydroxyl groups excluding tert-OH is 5. The molecule has 0 aliphatic carbocycles. The summed E-state index contributed by atoms with van der Waals surface area (Å²) >= 11 is 0. The second-order valence-corrected chi connectivity index (χ2v) is 12.6. The second-order valence-electron chi connectivity index (χ2n) is 12.6. The average Bonchev–Trinajstić information content (AvgIpc) is 3.13. The van der Waals surface area contributed by atoms with Gasteiger partial charge in [-0.1, -0.05) is 12.1 Å². The number of esters is 1. The van der Waals surface area contributed by atoms with Crippen LogP contribution in [0.15, 0.2) is 69.9 Å². The van der Waals surface area contributed by atoms with Crippen molar-refractivity contribution in [2.75, 3.05) is 6.61 Å². The first-order valence-electron chi connectivity index (χ1n) is 16.3. The highest BCUT2D eigenvalue weighted by atomic mass is 16.8. The molecule has 18 nitrogen and oxygen atoms in total. The number of carbonyl (C=O) groups is 1. The third-order valence-electron chi connectivity index (χ3n) is 8.83. The fraction of sp³-hybridized carbons (Fsp3) is 0.333. The molecule has 1 aromatic heterocycles. The average molecular weight is 757 g/mol. The van der Waals surface area contributed by atoms with Crippen molar-refractivity contribution < 1.29 is 84.0 Å². The summed E-state index contributed by atoms with van der Waals surface area (Å²) in [5, 5.41) is 104. The Hall–Kier alpha value is -5.44. The smallest absolute Gasteiger partial charge is 0.330 e. The van der Waals surface area contributed by atoms with Crippen LogP contribution in [0.5, 0.6) is 34.5 Å². The fourth-order valence-corrected chi connectivity index (χ4v) is 5.87. The number of phenolic OH excluding ortho intramolecular Hbond substituents is 5. The fourth-order valence-electron chi connectivity index (χ4n) is 5.87. The first-order chi connectivity index (χ1) is 25.6. The number of benzene rings is 3. The van der Waals surface area contributed by atoms with Gasteiger partial charge in [0.05, 0.1) is 6.10 Å². The third kappa shape index (κ3) is 7.77. The summed E-state index contributed by atoms with van der Waals surface area (Å²) in [6.45, 7) is 0.691. The maximum atomic E-state index is 13.9. The van der Waals surface area contributed by atoms with E-state index in [1.165, 1.54) is 43.3 Å². The van der Waals surface area contributed by atoms with E-state index in [9.17, 15) is 60.7 Å². The normalized spacial score (nSPS) is 28.6. The molecule has 2 saturated heterocycles. The lowest BCUT2D eigenvalue weighted by atomic mass is 9.97. The van der Waals surface area contributed by atoms with Crippen molar-refractivity contribution in [3.63, 3.8) is 0 Å². The Balaban J connectivity index is 1.28. The first-order valence-corrected chi connectivity index (χ1v) is 16.3. The molecule has 2 fully saturated rings. The van der Waals surface area contributed by atoms with Gasteiger partial charge in [-0.05, 0) is 48.9 Å². The number of carbonyl (C=O) groups excluding carboxylic acids is 1. The summed E-state index contributed by atoms with van der Waals surface area (Å²) in [7, 11) is 0. The van der Waals surface area contributed by atoms with E-state index in [0.717, 1.165) is 30.3 Å². The number of ether oxygens (including phenoxy) is 5. The minimum atomic E-state index is -2.00. The zero-order chi connectivity index (χ0) is 39.0. The van der Waals surface area contributed by atoms with Crippen LogP contribution < -0.4 is 10.2 Å². The molecule has 3 aromatic carbocycles. The molecule has 10 N–H and O–H groups in total. The topological polar surface area (TPSA) is 296 Å². The molecular weight excluding hydrogens is 720 g/mol. The van der Waals surface area contributed by atoms with Crippen LogP contribution in [0, 0.1) is 0 Å². The van der Waals surface area contributed by atoms with Crippen LogP contribution in [-0.2, 0) is 23.7 Å². The van der Waals surface area contributed by atoms with E-state index in [1.807, 2.05) is 0 Å². The zero-order valence-electron chi connectivity index (χ0n) is 28.1. The maximum Gasteiger partial charge on any atom is 0.330 e. The summed E-state index contributed by atoms with van der Waals surface area (Å²) in [5.41, 5.74) is -0.858. The lowest BCUT2D eigenvalue weighted by molar-refractivity contribution is -0.355. The second kappa shape index (κ2) is 15.5. The molecule has 4 aromatic rings. The van der Waals surface area contributed by atoms with Crippen LogP contribution >= 0.6 is 0 Å². The molecule has 2 aliphatic heterocycles. The van der Waals surface area contributed by atoms with Crippen LogP contribution in [-0.4, -0.2) is 125 Å². The van der Waals surface area contributed by atoms with Crippen molar-refractivity contribution in [2.24, 2.45) is 0 Å². The molecule has 18 heteroatoms. The largest absolute Gasteiger partial charge is 0.508 e. The minimum Gasteiger partial charge on any atom is -0.508 e. The van der Waals surface area contributed by atoms with Gasteiger partial charge >= 0.3 is 5.97 Å². The van der Waals surface area contributed by atoms with Crippen LogP contribution in [0.2, 0.25) is 0 Å². The Morgan fingerprint density at radius 3 is 2.19 bits per heavy atom. The molecule has 3 heterocycles. The molecule has 0 radical (unpaired) electrons. The summed E-state index contributed by atoms with van der Waals surface area (Å²) in [6.07, 6.45) is -15.2. The van der Waals surface area contributed by atoms with Crippen molar-refractivity contribution in [3.8, 4) is 45.8 Å². The molecular formula is C36H36O18. The monoisotopic (exact) mass is 756 g/mol. The predicted octanol–water partition coefficient (Wildman–Crippen LogP) is 0.283. The molecule has 0 bridgehead atoms. The summed E-state index contributed by atoms with van der Waals surface area (Å²) in [5.74, 6) is -4.31. The van der Waals surface area contributed by atoms with Crippen LogP contribution in [0.1, 0.15) is 12.5 Å². The highest BCUT2D eigenvalue weighted by Gasteiger charge is 2.51. The maximum absolute atomic E-state index is 13.9. The standard InChI is InChI=1S/C36H36O18/c1-14-26(43)30(47)34(54-35-31(48)29(46)27(44)23(52-35)13-49-24(42)9-4-15-2-6-17(37)7-3-15)36(50-14)53-33-28(45)25-21(41)11-18(38)12-22(25)51-32(33)16-5-8-19(39)20(40)10-16/h2-12,14,23,26-27,29-31,34-41,43-44,46-48H,13H2,1H3/b9-4+/t14-,23+,26-,27+,29-,30+,31+,34-,35-,36-/m0/s1. The number of aromatic hydroxyl groups is 5. The Morgan fingerprint density at radius 1 is 0.759 bits per heavy atom. The van der Waals surface area contributed by atoms with Crippen LogP contribution in [0.25, 0.3) is 28.4 Å². The van der Waals surface area contributed by atoms with E-state index < -0.39 is 119 Å². The van der Waals surface area contributed by atoms with Gasteiger partial charge in [-0.3, -0.25) is 4.79 Å². The molecule has 0 amide bonds. The number of rotatable bonds is 9. The highest BCUT2D eigenvalue weighted by molar-refractivity contribution is 5.88. The Kier molecular flexibility index (Phi) is 11.0. The Morgan fingerprint density at radius 2 is 1.48 bits per heavy atom. The number of aliphatic hydroxyl groups is 5. The molecule has 10 atom stereocenters. The van der Waals surface area contributed by atoms with Gasteiger partial charge in [0.2, 0.25) is 17.5 Å². The van der Waals surface area contributed by atoms with Gasteiger partial charge in [0.15, 0.2) is 29.7 Å². The SMILES string of the molecule is C[C@@H]1O[C@@H](Oc2c(-c3ccc(O)c(O)c3)oc3cc(O)cc(O)c3c2=O)[C@@H](O[C@@H]2O[C@H](COC(=O)/C=C/c3ccc(O)cc3)[C@@H](O)[C@H](O)[C@H]2O)[C@H](O)[C@H]1O. The number of fused-ring (bicyclic) bond motifs is 1. The van der Waals surface area contributed by atoms with Crippen molar-refractivity contribution in [3.05, 3.63) is 76.5 Å². The Labute approximate surface area is 304 Å². The third-order valence-corrected chi connectivity index (χ3v) is 8.83. The van der Waals surface area contributed by atoms with E-state index >= 15 is 0 Å². The van der Waals surface area contributed by atoms with E-state index in [0.29, 0.717) is 5.56 Å². The van der Waals surface area contributed by atoms with Gasteiger partial charge in [-0.15, -0.1) is 0 Å². The lowest BCUT2D eigenvalue weighted by Gasteiger charge is -2.45. The van der Waals surface area contributed by atoms with Gasteiger partial charge in [-0.25, -0.2) is 4.79 Å². The van der Waals surface area contributed by atoms with Gasteiger partial charge in [0, 0.05) is 23.8 Å². The van der Waals surface area contributed by atoms with Crippen LogP contribution in [0.4, 0.5) is 0 Å². The van der Waals surface area contributed by atoms with E-state index in [1.54, 1.807) is 0 Å². The van der Waals surface area contributed by atoms with Crippen molar-refractivity contribution in [2.45, 2.75) is 68.3 Å². The van der Waals surface area contributed by atoms with Gasteiger partial charge in [0.1, 0.15) is 71.4 Å². The minimum absolute atomic E-state index is 0.0198. The molecule has 0 saturated carbocycles. The molecule has 2 aliphatic rings. The molecule has 0 spiro atoms. The van der Waals surface area contributed by atoms with Gasteiger partial charge in [-0.2, -0.15) is 0 Å².